The van der Waals surface area contributed by atoms with Gasteiger partial charge in [-0.15, -0.1) is 0 Å². The largest absolute Gasteiger partial charge is 0.496 e. The van der Waals surface area contributed by atoms with Crippen molar-refractivity contribution >= 4 is 0 Å². The van der Waals surface area contributed by atoms with Crippen LogP contribution in [0.4, 0.5) is 4.39 Å². The third kappa shape index (κ3) is 3.17. The van der Waals surface area contributed by atoms with Gasteiger partial charge in [-0.25, -0.2) is 4.39 Å². The number of rotatable bonds is 4. The lowest BCUT2D eigenvalue weighted by atomic mass is 10.1. The monoisotopic (exact) mass is 238 g/mol. The minimum absolute atomic E-state index is 0.446. The molecule has 0 bridgehead atoms. The van der Waals surface area contributed by atoms with Crippen molar-refractivity contribution in [3.63, 3.8) is 0 Å². The van der Waals surface area contributed by atoms with Crippen molar-refractivity contribution in [2.75, 3.05) is 39.8 Å². The van der Waals surface area contributed by atoms with Crippen LogP contribution >= 0.6 is 0 Å². The highest BCUT2D eigenvalue weighted by molar-refractivity contribution is 5.35. The van der Waals surface area contributed by atoms with Gasteiger partial charge in [0.2, 0.25) is 0 Å². The van der Waals surface area contributed by atoms with Gasteiger partial charge in [0.25, 0.3) is 0 Å². The molecule has 1 aliphatic heterocycles. The highest BCUT2D eigenvalue weighted by Gasteiger charge is 2.19. The molecule has 1 saturated heterocycles. The van der Waals surface area contributed by atoms with Crippen LogP contribution in [-0.2, 0) is 0 Å². The fraction of sp³-hybridized carbons (Fsp3) is 0.538. The normalized spacial score (nSPS) is 18.9. The lowest BCUT2D eigenvalue weighted by molar-refractivity contribution is 0.173. The second kappa shape index (κ2) is 5.98. The van der Waals surface area contributed by atoms with Crippen molar-refractivity contribution in [3.05, 3.63) is 29.8 Å². The van der Waals surface area contributed by atoms with E-state index in [1.807, 2.05) is 12.1 Å². The molecule has 0 spiro atoms. The smallest absolute Gasteiger partial charge is 0.141 e. The number of methoxy groups -OCH3 is 1. The summed E-state index contributed by atoms with van der Waals surface area (Å²) in [6, 6.07) is 7.31. The van der Waals surface area contributed by atoms with Gasteiger partial charge < -0.3 is 10.1 Å². The number of benzene rings is 1. The molecule has 0 saturated carbocycles. The van der Waals surface area contributed by atoms with E-state index in [2.05, 4.69) is 10.2 Å². The summed E-state index contributed by atoms with van der Waals surface area (Å²) < 4.78 is 19.4. The Kier molecular flexibility index (Phi) is 4.34. The van der Waals surface area contributed by atoms with Crippen LogP contribution in [0, 0.1) is 0 Å². The lowest BCUT2D eigenvalue weighted by Crippen LogP contribution is -2.44. The molecule has 3 nitrogen and oxygen atoms in total. The maximum atomic E-state index is 14.2. The number of nitrogens with one attached hydrogen (secondary N) is 1. The third-order valence-electron chi connectivity index (χ3n) is 3.10. The molecule has 1 aliphatic rings. The van der Waals surface area contributed by atoms with E-state index in [0.29, 0.717) is 17.9 Å². The van der Waals surface area contributed by atoms with Gasteiger partial charge in [0.1, 0.15) is 11.9 Å². The molecule has 4 heteroatoms. The minimum atomic E-state index is -0.982. The van der Waals surface area contributed by atoms with Crippen LogP contribution in [0.2, 0.25) is 0 Å². The highest BCUT2D eigenvalue weighted by Crippen LogP contribution is 2.28. The van der Waals surface area contributed by atoms with Gasteiger partial charge in [-0.1, -0.05) is 18.2 Å². The Hall–Kier alpha value is -1.13. The molecular weight excluding hydrogens is 219 g/mol. The molecule has 1 N–H and O–H groups in total. The second-order valence-electron chi connectivity index (χ2n) is 4.26. The molecule has 1 atom stereocenters. The van der Waals surface area contributed by atoms with Gasteiger partial charge >= 0.3 is 0 Å². The predicted octanol–water partition coefficient (Wildman–Crippen LogP) is 1.61. The molecule has 0 amide bonds. The topological polar surface area (TPSA) is 24.5 Å². The molecule has 0 unspecified atom stereocenters. The Morgan fingerprint density at radius 2 is 2.06 bits per heavy atom. The molecule has 0 aromatic heterocycles. The van der Waals surface area contributed by atoms with E-state index in [-0.39, 0.29) is 0 Å². The van der Waals surface area contributed by atoms with Crippen LogP contribution in [0.3, 0.4) is 0 Å². The zero-order chi connectivity index (χ0) is 12.1. The maximum absolute atomic E-state index is 14.2. The summed E-state index contributed by atoms with van der Waals surface area (Å²) in [7, 11) is 1.58. The zero-order valence-corrected chi connectivity index (χ0v) is 10.2. The Morgan fingerprint density at radius 3 is 2.76 bits per heavy atom. The molecule has 1 aromatic rings. The molecule has 0 radical (unpaired) electrons. The number of nitrogens with zero attached hydrogens (tertiary/aromatic N) is 1. The van der Waals surface area contributed by atoms with E-state index in [1.165, 1.54) is 0 Å². The standard InChI is InChI=1S/C13H19FN2O/c1-17-13-5-3-2-4-11(13)12(14)10-16-8-6-15-7-9-16/h2-5,12,15H,6-10H2,1H3/t12-/m1/s1. The molecule has 17 heavy (non-hydrogen) atoms. The summed E-state index contributed by atoms with van der Waals surface area (Å²) in [4.78, 5) is 2.15. The Labute approximate surface area is 102 Å². The molecule has 94 valence electrons. The van der Waals surface area contributed by atoms with Crippen LogP contribution in [0.25, 0.3) is 0 Å². The van der Waals surface area contributed by atoms with Crippen LogP contribution in [0.1, 0.15) is 11.7 Å². The van der Waals surface area contributed by atoms with E-state index >= 15 is 0 Å². The van der Waals surface area contributed by atoms with Crippen LogP contribution in [0.5, 0.6) is 5.75 Å². The zero-order valence-electron chi connectivity index (χ0n) is 10.2. The molecule has 0 aliphatic carbocycles. The number of para-hydroxylation sites is 1. The lowest BCUT2D eigenvalue weighted by Gasteiger charge is -2.28. The first-order chi connectivity index (χ1) is 8.31. The van der Waals surface area contributed by atoms with E-state index in [4.69, 9.17) is 4.74 Å². The summed E-state index contributed by atoms with van der Waals surface area (Å²) in [6.07, 6.45) is -0.982. The van der Waals surface area contributed by atoms with Crippen molar-refractivity contribution in [3.8, 4) is 5.75 Å². The van der Waals surface area contributed by atoms with E-state index in [0.717, 1.165) is 26.2 Å². The van der Waals surface area contributed by atoms with E-state index in [1.54, 1.807) is 19.2 Å². The Morgan fingerprint density at radius 1 is 1.35 bits per heavy atom. The summed E-state index contributed by atoms with van der Waals surface area (Å²) in [6.45, 7) is 4.16. The first-order valence-electron chi connectivity index (χ1n) is 6.01. The molecular formula is C13H19FN2O. The molecule has 1 heterocycles. The van der Waals surface area contributed by atoms with Gasteiger partial charge in [-0.2, -0.15) is 0 Å². The quantitative estimate of drug-likeness (QED) is 0.862. The van der Waals surface area contributed by atoms with Gasteiger partial charge in [0.15, 0.2) is 0 Å². The molecule has 2 rings (SSSR count). The van der Waals surface area contributed by atoms with Crippen molar-refractivity contribution in [1.82, 2.24) is 10.2 Å². The number of ether oxygens (including phenoxy) is 1. The fourth-order valence-electron chi connectivity index (χ4n) is 2.14. The average molecular weight is 238 g/mol. The maximum Gasteiger partial charge on any atom is 0.141 e. The van der Waals surface area contributed by atoms with Gasteiger partial charge in [0, 0.05) is 38.3 Å². The summed E-state index contributed by atoms with van der Waals surface area (Å²) in [5.74, 6) is 0.634. The first-order valence-corrected chi connectivity index (χ1v) is 6.01. The predicted molar refractivity (Wildman–Crippen MR) is 66.2 cm³/mol. The van der Waals surface area contributed by atoms with Crippen LogP contribution in [-0.4, -0.2) is 44.7 Å². The fourth-order valence-corrected chi connectivity index (χ4v) is 2.14. The van der Waals surface area contributed by atoms with Gasteiger partial charge in [-0.3, -0.25) is 4.90 Å². The Balaban J connectivity index is 2.00. The van der Waals surface area contributed by atoms with Gasteiger partial charge in [0.05, 0.1) is 7.11 Å². The SMILES string of the molecule is COc1ccccc1[C@H](F)CN1CCNCC1. The summed E-state index contributed by atoms with van der Waals surface area (Å²) in [5.41, 5.74) is 0.647. The van der Waals surface area contributed by atoms with Crippen molar-refractivity contribution in [2.24, 2.45) is 0 Å². The van der Waals surface area contributed by atoms with Crippen LogP contribution < -0.4 is 10.1 Å². The number of piperazine rings is 1. The third-order valence-corrected chi connectivity index (χ3v) is 3.10. The summed E-state index contributed by atoms with van der Waals surface area (Å²) >= 11 is 0. The van der Waals surface area contributed by atoms with Crippen LogP contribution in [0.15, 0.2) is 24.3 Å². The van der Waals surface area contributed by atoms with E-state index in [9.17, 15) is 4.39 Å². The number of alkyl halides is 1. The Bertz CT molecular complexity index is 353. The number of hydrogen-bond donors (Lipinski definition) is 1. The van der Waals surface area contributed by atoms with Crippen molar-refractivity contribution in [2.45, 2.75) is 6.17 Å². The van der Waals surface area contributed by atoms with E-state index < -0.39 is 6.17 Å². The number of hydrogen-bond acceptors (Lipinski definition) is 3. The second-order valence-corrected chi connectivity index (χ2v) is 4.26. The minimum Gasteiger partial charge on any atom is -0.496 e. The van der Waals surface area contributed by atoms with Crippen molar-refractivity contribution in [1.29, 1.82) is 0 Å². The highest BCUT2D eigenvalue weighted by atomic mass is 19.1. The first kappa shape index (κ1) is 12.3. The summed E-state index contributed by atoms with van der Waals surface area (Å²) in [5, 5.41) is 3.26. The average Bonchev–Trinajstić information content (AvgIpc) is 2.40. The molecule has 1 fully saturated rings. The van der Waals surface area contributed by atoms with Gasteiger partial charge in [-0.05, 0) is 6.07 Å². The number of halogens is 1. The molecule has 1 aromatic carbocycles. The van der Waals surface area contributed by atoms with Crippen molar-refractivity contribution < 1.29 is 9.13 Å².